The van der Waals surface area contributed by atoms with Crippen molar-refractivity contribution in [2.45, 2.75) is 32.0 Å². The van der Waals surface area contributed by atoms with Crippen LogP contribution in [0.2, 0.25) is 0 Å². The minimum Gasteiger partial charge on any atom is -0.493 e. The Hall–Kier alpha value is -1.82. The van der Waals surface area contributed by atoms with Crippen LogP contribution in [-0.4, -0.2) is 25.3 Å². The first kappa shape index (κ1) is 16.2. The number of carbonyl (C=O) groups is 1. The molecule has 0 amide bonds. The smallest absolute Gasteiger partial charge is 0.303 e. The van der Waals surface area contributed by atoms with Gasteiger partial charge < -0.3 is 20.3 Å². The fraction of sp³-hybridized carbons (Fsp3) is 0.500. The zero-order valence-corrected chi connectivity index (χ0v) is 11.9. The summed E-state index contributed by atoms with van der Waals surface area (Å²) < 4.78 is 23.9. The van der Waals surface area contributed by atoms with Gasteiger partial charge in [0, 0.05) is 18.0 Å². The lowest BCUT2D eigenvalue weighted by Crippen LogP contribution is -2.14. The fourth-order valence-electron chi connectivity index (χ4n) is 1.96. The minimum atomic E-state index is -1.18. The highest BCUT2D eigenvalue weighted by molar-refractivity contribution is 5.66. The molecule has 0 aliphatic rings. The number of rotatable bonds is 7. The van der Waals surface area contributed by atoms with Crippen molar-refractivity contribution in [1.29, 1.82) is 0 Å². The molecule has 5 nitrogen and oxygen atoms in total. The van der Waals surface area contributed by atoms with Gasteiger partial charge in [0.15, 0.2) is 11.5 Å². The van der Waals surface area contributed by atoms with Gasteiger partial charge in [-0.2, -0.15) is 0 Å². The van der Waals surface area contributed by atoms with Gasteiger partial charge >= 0.3 is 5.97 Å². The first-order chi connectivity index (χ1) is 9.40. The summed E-state index contributed by atoms with van der Waals surface area (Å²) >= 11 is 0. The van der Waals surface area contributed by atoms with Crippen molar-refractivity contribution < 1.29 is 23.8 Å². The van der Waals surface area contributed by atoms with E-state index in [-0.39, 0.29) is 12.8 Å². The second-order valence-electron chi connectivity index (χ2n) is 4.50. The van der Waals surface area contributed by atoms with Gasteiger partial charge in [0.05, 0.1) is 14.2 Å². The number of hydrogen-bond donors (Lipinski definition) is 2. The molecule has 0 saturated carbocycles. The molecule has 1 aromatic rings. The Morgan fingerprint density at radius 3 is 2.50 bits per heavy atom. The molecular formula is C14H20FNO4. The fourth-order valence-corrected chi connectivity index (χ4v) is 1.96. The highest BCUT2D eigenvalue weighted by Crippen LogP contribution is 2.38. The van der Waals surface area contributed by atoms with Gasteiger partial charge in [-0.25, -0.2) is 4.39 Å². The topological polar surface area (TPSA) is 81.8 Å². The average Bonchev–Trinajstić information content (AvgIpc) is 2.42. The molecule has 0 fully saturated rings. The number of methoxy groups -OCH3 is 2. The maximum atomic E-state index is 13.5. The van der Waals surface area contributed by atoms with E-state index in [0.29, 0.717) is 22.6 Å². The summed E-state index contributed by atoms with van der Waals surface area (Å²) in [4.78, 5) is 10.6. The Kier molecular flexibility index (Phi) is 5.76. The number of nitrogens with two attached hydrogens (primary N) is 1. The summed E-state index contributed by atoms with van der Waals surface area (Å²) in [5.74, 6) is -0.133. The van der Waals surface area contributed by atoms with Crippen LogP contribution in [-0.2, 0) is 4.79 Å². The lowest BCUT2D eigenvalue weighted by molar-refractivity contribution is -0.137. The molecule has 0 spiro atoms. The zero-order valence-electron chi connectivity index (χ0n) is 11.9. The molecule has 0 radical (unpaired) electrons. The van der Waals surface area contributed by atoms with Crippen molar-refractivity contribution in [2.24, 2.45) is 5.73 Å². The second kappa shape index (κ2) is 7.09. The van der Waals surface area contributed by atoms with Crippen LogP contribution in [0, 0.1) is 0 Å². The third-order valence-corrected chi connectivity index (χ3v) is 3.06. The van der Waals surface area contributed by atoms with Gasteiger partial charge in [0.2, 0.25) is 0 Å². The number of carboxylic acid groups (broad SMARTS) is 1. The lowest BCUT2D eigenvalue weighted by atomic mass is 9.97. The third kappa shape index (κ3) is 3.84. The highest BCUT2D eigenvalue weighted by atomic mass is 19.1. The first-order valence-electron chi connectivity index (χ1n) is 6.28. The number of carboxylic acids is 1. The molecule has 0 aliphatic carbocycles. The van der Waals surface area contributed by atoms with Crippen molar-refractivity contribution in [3.63, 3.8) is 0 Å². The van der Waals surface area contributed by atoms with Crippen molar-refractivity contribution in [3.05, 3.63) is 23.3 Å². The van der Waals surface area contributed by atoms with E-state index in [9.17, 15) is 9.18 Å². The van der Waals surface area contributed by atoms with Crippen LogP contribution in [0.1, 0.15) is 43.1 Å². The van der Waals surface area contributed by atoms with Crippen molar-refractivity contribution in [3.8, 4) is 11.5 Å². The van der Waals surface area contributed by atoms with Gasteiger partial charge in [0.1, 0.15) is 6.17 Å². The number of halogens is 1. The monoisotopic (exact) mass is 285 g/mol. The molecule has 0 heterocycles. The molecule has 20 heavy (non-hydrogen) atoms. The van der Waals surface area contributed by atoms with Gasteiger partial charge in [-0.15, -0.1) is 0 Å². The van der Waals surface area contributed by atoms with Crippen LogP contribution >= 0.6 is 0 Å². The summed E-state index contributed by atoms with van der Waals surface area (Å²) in [5.41, 5.74) is 6.96. The van der Waals surface area contributed by atoms with Crippen molar-refractivity contribution in [2.75, 3.05) is 14.2 Å². The van der Waals surface area contributed by atoms with E-state index >= 15 is 0 Å². The van der Waals surface area contributed by atoms with Crippen LogP contribution in [0.3, 0.4) is 0 Å². The quantitative estimate of drug-likeness (QED) is 0.804. The summed E-state index contributed by atoms with van der Waals surface area (Å²) in [6, 6.07) is 2.59. The second-order valence-corrected chi connectivity index (χ2v) is 4.50. The normalized spacial score (nSPS) is 13.7. The molecule has 3 N–H and O–H groups in total. The summed E-state index contributed by atoms with van der Waals surface area (Å²) in [6.45, 7) is 1.41. The van der Waals surface area contributed by atoms with Gasteiger partial charge in [-0.3, -0.25) is 4.79 Å². The Labute approximate surface area is 117 Å². The number of ether oxygens (including phenoxy) is 2. The standard InChI is InChI=1S/C14H20FNO4/c1-8(15)9-6-10(11(16)4-5-13(17)18)14(20-3)12(7-9)19-2/h6-8,11H,4-5,16H2,1-3H3,(H,17,18). The molecule has 0 aromatic heterocycles. The average molecular weight is 285 g/mol. The molecule has 0 saturated heterocycles. The predicted molar refractivity (Wildman–Crippen MR) is 72.9 cm³/mol. The van der Waals surface area contributed by atoms with Crippen LogP contribution in [0.5, 0.6) is 11.5 Å². The van der Waals surface area contributed by atoms with E-state index < -0.39 is 18.2 Å². The molecule has 1 rings (SSSR count). The van der Waals surface area contributed by atoms with Gasteiger partial charge in [-0.05, 0) is 31.0 Å². The zero-order chi connectivity index (χ0) is 15.3. The first-order valence-corrected chi connectivity index (χ1v) is 6.28. The third-order valence-electron chi connectivity index (χ3n) is 3.06. The van der Waals surface area contributed by atoms with E-state index in [1.165, 1.54) is 21.1 Å². The van der Waals surface area contributed by atoms with Crippen molar-refractivity contribution in [1.82, 2.24) is 0 Å². The number of hydrogen-bond acceptors (Lipinski definition) is 4. The van der Waals surface area contributed by atoms with Crippen LogP contribution < -0.4 is 15.2 Å². The number of aliphatic carboxylic acids is 1. The maximum Gasteiger partial charge on any atom is 0.303 e. The largest absolute Gasteiger partial charge is 0.493 e. The van der Waals surface area contributed by atoms with E-state index in [1.807, 2.05) is 0 Å². The Bertz CT molecular complexity index is 476. The van der Waals surface area contributed by atoms with E-state index in [1.54, 1.807) is 12.1 Å². The van der Waals surface area contributed by atoms with Crippen molar-refractivity contribution >= 4 is 5.97 Å². The highest BCUT2D eigenvalue weighted by Gasteiger charge is 2.20. The summed E-state index contributed by atoms with van der Waals surface area (Å²) in [7, 11) is 2.92. The molecule has 6 heteroatoms. The molecule has 0 aliphatic heterocycles. The van der Waals surface area contributed by atoms with Crippen LogP contribution in [0.4, 0.5) is 4.39 Å². The maximum absolute atomic E-state index is 13.5. The van der Waals surface area contributed by atoms with Crippen LogP contribution in [0.15, 0.2) is 12.1 Å². The lowest BCUT2D eigenvalue weighted by Gasteiger charge is -2.19. The predicted octanol–water partition coefficient (Wildman–Crippen LogP) is 2.60. The molecule has 0 bridgehead atoms. The summed E-state index contributed by atoms with van der Waals surface area (Å²) in [5, 5.41) is 8.71. The molecule has 2 atom stereocenters. The van der Waals surface area contributed by atoms with Gasteiger partial charge in [-0.1, -0.05) is 0 Å². The van der Waals surface area contributed by atoms with E-state index in [4.69, 9.17) is 20.3 Å². The Morgan fingerprint density at radius 1 is 1.40 bits per heavy atom. The van der Waals surface area contributed by atoms with Crippen LogP contribution in [0.25, 0.3) is 0 Å². The van der Waals surface area contributed by atoms with Gasteiger partial charge in [0.25, 0.3) is 0 Å². The number of alkyl halides is 1. The SMILES string of the molecule is COc1cc(C(C)F)cc(C(N)CCC(=O)O)c1OC. The van der Waals surface area contributed by atoms with E-state index in [2.05, 4.69) is 0 Å². The molecule has 112 valence electrons. The molecular weight excluding hydrogens is 265 g/mol. The molecule has 1 aromatic carbocycles. The Morgan fingerprint density at radius 2 is 2.05 bits per heavy atom. The minimum absolute atomic E-state index is 0.0674. The molecule has 2 unspecified atom stereocenters. The number of benzene rings is 1. The Balaban J connectivity index is 3.19. The van der Waals surface area contributed by atoms with E-state index in [0.717, 1.165) is 0 Å². The summed E-state index contributed by atoms with van der Waals surface area (Å²) in [6.07, 6.45) is -1.01.